The second-order valence-electron chi connectivity index (χ2n) is 2.54. The second kappa shape index (κ2) is 6.30. The summed E-state index contributed by atoms with van der Waals surface area (Å²) in [6, 6.07) is 6.25. The van der Waals surface area contributed by atoms with E-state index in [1.165, 1.54) is 5.56 Å². The molecule has 0 aliphatic rings. The van der Waals surface area contributed by atoms with Crippen LogP contribution >= 0.6 is 0 Å². The summed E-state index contributed by atoms with van der Waals surface area (Å²) in [7, 11) is 1.91. The Morgan fingerprint density at radius 2 is 2.00 bits per heavy atom. The zero-order valence-corrected chi connectivity index (χ0v) is 9.02. The molecule has 1 aromatic carbocycles. The molecule has 0 heterocycles. The van der Waals surface area contributed by atoms with Crippen molar-refractivity contribution < 1.29 is 1.43 Å². The van der Waals surface area contributed by atoms with Crippen LogP contribution in [0.2, 0.25) is 0 Å². The van der Waals surface area contributed by atoms with E-state index >= 15 is 0 Å². The third kappa shape index (κ3) is 3.32. The van der Waals surface area contributed by atoms with Crippen LogP contribution in [0.5, 0.6) is 0 Å². The third-order valence-electron chi connectivity index (χ3n) is 1.70. The molecule has 0 amide bonds. The van der Waals surface area contributed by atoms with E-state index in [1.54, 1.807) is 0 Å². The lowest BCUT2D eigenvalue weighted by molar-refractivity contribution is 1.42. The quantitative estimate of drug-likeness (QED) is 0.724. The van der Waals surface area contributed by atoms with Crippen molar-refractivity contribution in [2.45, 2.75) is 20.8 Å². The van der Waals surface area contributed by atoms with Gasteiger partial charge in [-0.25, -0.2) is 0 Å². The molecule has 0 saturated heterocycles. The summed E-state index contributed by atoms with van der Waals surface area (Å²) in [5, 5.41) is 3.10. The molecule has 0 aromatic heterocycles. The summed E-state index contributed by atoms with van der Waals surface area (Å²) < 4.78 is 0. The van der Waals surface area contributed by atoms with Gasteiger partial charge in [-0.05, 0) is 24.6 Å². The van der Waals surface area contributed by atoms with Crippen molar-refractivity contribution in [3.05, 3.63) is 35.9 Å². The Balaban J connectivity index is 0. The molecule has 1 N–H and O–H groups in total. The van der Waals surface area contributed by atoms with Crippen LogP contribution in [0.15, 0.2) is 24.8 Å². The van der Waals surface area contributed by atoms with Gasteiger partial charge in [0.25, 0.3) is 0 Å². The van der Waals surface area contributed by atoms with Gasteiger partial charge in [0.2, 0.25) is 0 Å². The lowest BCUT2D eigenvalue weighted by Crippen LogP contribution is -1.91. The Labute approximate surface area is 83.0 Å². The SMILES string of the molecule is C=Cc1cc(C)ccc1NC.CC.[HH]. The van der Waals surface area contributed by atoms with Gasteiger partial charge in [0.15, 0.2) is 0 Å². The molecule has 74 valence electrons. The minimum absolute atomic E-state index is 0. The number of nitrogens with one attached hydrogen (secondary N) is 1. The Morgan fingerprint density at radius 1 is 1.38 bits per heavy atom. The van der Waals surface area contributed by atoms with Gasteiger partial charge in [0.1, 0.15) is 0 Å². The molecule has 0 radical (unpaired) electrons. The van der Waals surface area contributed by atoms with Crippen molar-refractivity contribution >= 4 is 11.8 Å². The van der Waals surface area contributed by atoms with Gasteiger partial charge in [-0.2, -0.15) is 0 Å². The number of rotatable bonds is 2. The van der Waals surface area contributed by atoms with E-state index < -0.39 is 0 Å². The van der Waals surface area contributed by atoms with Gasteiger partial charge in [-0.15, -0.1) is 0 Å². The molecule has 0 aliphatic heterocycles. The van der Waals surface area contributed by atoms with E-state index in [1.807, 2.05) is 27.0 Å². The average molecular weight is 179 g/mol. The first kappa shape index (κ1) is 11.8. The van der Waals surface area contributed by atoms with Crippen LogP contribution in [0.25, 0.3) is 6.08 Å². The summed E-state index contributed by atoms with van der Waals surface area (Å²) in [5.41, 5.74) is 3.55. The van der Waals surface area contributed by atoms with Gasteiger partial charge in [-0.1, -0.05) is 38.1 Å². The first-order valence-electron chi connectivity index (χ1n) is 4.68. The van der Waals surface area contributed by atoms with Gasteiger partial charge < -0.3 is 5.32 Å². The monoisotopic (exact) mass is 179 g/mol. The molecule has 13 heavy (non-hydrogen) atoms. The topological polar surface area (TPSA) is 12.0 Å². The number of benzene rings is 1. The normalized spacial score (nSPS) is 8.31. The van der Waals surface area contributed by atoms with Gasteiger partial charge in [0, 0.05) is 14.2 Å². The van der Waals surface area contributed by atoms with E-state index in [2.05, 4.69) is 37.0 Å². The minimum Gasteiger partial charge on any atom is -0.388 e. The van der Waals surface area contributed by atoms with Crippen LogP contribution in [-0.4, -0.2) is 7.05 Å². The first-order chi connectivity index (χ1) is 6.27. The molecule has 1 nitrogen and oxygen atoms in total. The number of hydrogen-bond acceptors (Lipinski definition) is 1. The highest BCUT2D eigenvalue weighted by molar-refractivity contribution is 5.66. The summed E-state index contributed by atoms with van der Waals surface area (Å²) in [5.74, 6) is 0. The molecule has 0 spiro atoms. The summed E-state index contributed by atoms with van der Waals surface area (Å²) in [6.45, 7) is 9.82. The molecule has 0 aliphatic carbocycles. The zero-order valence-electron chi connectivity index (χ0n) is 9.02. The number of hydrogen-bond donors (Lipinski definition) is 1. The lowest BCUT2D eigenvalue weighted by atomic mass is 10.1. The predicted molar refractivity (Wildman–Crippen MR) is 64.3 cm³/mol. The van der Waals surface area contributed by atoms with E-state index in [4.69, 9.17) is 0 Å². The number of anilines is 1. The van der Waals surface area contributed by atoms with Crippen LogP contribution in [0.4, 0.5) is 5.69 Å². The zero-order chi connectivity index (χ0) is 10.3. The van der Waals surface area contributed by atoms with Crippen molar-refractivity contribution in [1.82, 2.24) is 0 Å². The van der Waals surface area contributed by atoms with Crippen molar-refractivity contribution in [3.8, 4) is 0 Å². The fraction of sp³-hybridized carbons (Fsp3) is 0.333. The molecule has 1 heteroatoms. The van der Waals surface area contributed by atoms with Crippen molar-refractivity contribution in [3.63, 3.8) is 0 Å². The highest BCUT2D eigenvalue weighted by Gasteiger charge is 1.94. The molecule has 0 atom stereocenters. The molecule has 1 rings (SSSR count). The average Bonchev–Trinajstić information content (AvgIpc) is 2.20. The Morgan fingerprint density at radius 3 is 2.46 bits per heavy atom. The van der Waals surface area contributed by atoms with E-state index in [9.17, 15) is 0 Å². The van der Waals surface area contributed by atoms with Crippen LogP contribution in [0.3, 0.4) is 0 Å². The largest absolute Gasteiger partial charge is 0.388 e. The Bertz CT molecular complexity index is 269. The highest BCUT2D eigenvalue weighted by atomic mass is 14.8. The molecular weight excluding hydrogens is 158 g/mol. The summed E-state index contributed by atoms with van der Waals surface area (Å²) in [6.07, 6.45) is 1.86. The van der Waals surface area contributed by atoms with E-state index in [0.717, 1.165) is 11.3 Å². The minimum atomic E-state index is 0. The third-order valence-corrected chi connectivity index (χ3v) is 1.70. The first-order valence-corrected chi connectivity index (χ1v) is 4.68. The van der Waals surface area contributed by atoms with Gasteiger partial charge in [0.05, 0.1) is 0 Å². The molecule has 0 unspecified atom stereocenters. The second-order valence-corrected chi connectivity index (χ2v) is 2.54. The van der Waals surface area contributed by atoms with Crippen LogP contribution < -0.4 is 5.32 Å². The molecule has 0 saturated carbocycles. The van der Waals surface area contributed by atoms with Gasteiger partial charge >= 0.3 is 0 Å². The maximum Gasteiger partial charge on any atom is 0.0411 e. The van der Waals surface area contributed by atoms with E-state index in [-0.39, 0.29) is 1.43 Å². The molecule has 0 bridgehead atoms. The number of aryl methyl sites for hydroxylation is 1. The molecule has 0 fully saturated rings. The van der Waals surface area contributed by atoms with Crippen molar-refractivity contribution in [2.24, 2.45) is 0 Å². The summed E-state index contributed by atoms with van der Waals surface area (Å²) >= 11 is 0. The highest BCUT2D eigenvalue weighted by Crippen LogP contribution is 2.17. The predicted octanol–water partition coefficient (Wildman–Crippen LogP) is 3.95. The lowest BCUT2D eigenvalue weighted by Gasteiger charge is -2.05. The summed E-state index contributed by atoms with van der Waals surface area (Å²) in [4.78, 5) is 0. The van der Waals surface area contributed by atoms with E-state index in [0.29, 0.717) is 0 Å². The van der Waals surface area contributed by atoms with Crippen molar-refractivity contribution in [1.29, 1.82) is 0 Å². The van der Waals surface area contributed by atoms with Gasteiger partial charge in [-0.3, -0.25) is 0 Å². The Kier molecular flexibility index (Phi) is 5.69. The Hall–Kier alpha value is -1.24. The molecule has 1 aromatic rings. The van der Waals surface area contributed by atoms with Crippen molar-refractivity contribution in [2.75, 3.05) is 12.4 Å². The van der Waals surface area contributed by atoms with Crippen LogP contribution in [0, 0.1) is 6.92 Å². The maximum atomic E-state index is 3.74. The van der Waals surface area contributed by atoms with Crippen LogP contribution in [-0.2, 0) is 0 Å². The molecular formula is C12H21N. The van der Waals surface area contributed by atoms with Crippen LogP contribution in [0.1, 0.15) is 26.4 Å². The smallest absolute Gasteiger partial charge is 0.0411 e. The standard InChI is InChI=1S/C10H13N.C2H6.H2/c1-4-9-7-8(2)5-6-10(9)11-3;1-2;/h4-7,11H,1H2,2-3H3;1-2H3;1H. The fourth-order valence-corrected chi connectivity index (χ4v) is 1.08. The maximum absolute atomic E-state index is 3.74. The fourth-order valence-electron chi connectivity index (χ4n) is 1.08.